The van der Waals surface area contributed by atoms with Gasteiger partial charge >= 0.3 is 6.01 Å². The van der Waals surface area contributed by atoms with Crippen molar-refractivity contribution in [3.8, 4) is 11.5 Å². The molecule has 1 unspecified atom stereocenters. The molecule has 0 radical (unpaired) electrons. The van der Waals surface area contributed by atoms with Crippen molar-refractivity contribution < 1.29 is 18.7 Å². The van der Waals surface area contributed by atoms with Crippen molar-refractivity contribution >= 4 is 23.5 Å². The summed E-state index contributed by atoms with van der Waals surface area (Å²) in [6.45, 7) is 0.237. The number of nitrogens with one attached hydrogen (secondary N) is 1. The maximum absolute atomic E-state index is 12.2. The molecule has 126 valence electrons. The SMILES string of the molecule is O=C(Nc1nnc(C2COc3ccccc3O2)o1)c1cccc(Cl)c1. The number of fused-ring (bicyclic) bond motifs is 1. The Morgan fingerprint density at radius 2 is 1.96 bits per heavy atom. The first kappa shape index (κ1) is 15.5. The van der Waals surface area contributed by atoms with Gasteiger partial charge in [-0.25, -0.2) is 0 Å². The van der Waals surface area contributed by atoms with E-state index in [-0.39, 0.29) is 18.5 Å². The standard InChI is InChI=1S/C17H12ClN3O4/c18-11-5-3-4-10(8-11)15(22)19-17-21-20-16(25-17)14-9-23-12-6-1-2-7-13(12)24-14/h1-8,14H,9H2,(H,19,21,22). The Morgan fingerprint density at radius 3 is 2.80 bits per heavy atom. The molecule has 25 heavy (non-hydrogen) atoms. The molecule has 1 aliphatic rings. The number of benzene rings is 2. The van der Waals surface area contributed by atoms with Crippen LogP contribution in [-0.4, -0.2) is 22.7 Å². The van der Waals surface area contributed by atoms with Gasteiger partial charge in [-0.15, -0.1) is 5.10 Å². The van der Waals surface area contributed by atoms with Gasteiger partial charge in [-0.3, -0.25) is 10.1 Å². The van der Waals surface area contributed by atoms with Crippen LogP contribution in [0.4, 0.5) is 6.01 Å². The molecular formula is C17H12ClN3O4. The van der Waals surface area contributed by atoms with Gasteiger partial charge in [0.1, 0.15) is 6.61 Å². The van der Waals surface area contributed by atoms with E-state index in [0.29, 0.717) is 22.1 Å². The van der Waals surface area contributed by atoms with Crippen LogP contribution in [0.25, 0.3) is 0 Å². The molecule has 0 saturated heterocycles. The number of anilines is 1. The summed E-state index contributed by atoms with van der Waals surface area (Å²) in [5.74, 6) is 1.08. The average molecular weight is 358 g/mol. The molecule has 1 N–H and O–H groups in total. The second kappa shape index (κ2) is 6.45. The van der Waals surface area contributed by atoms with Crippen molar-refractivity contribution in [1.29, 1.82) is 0 Å². The first-order valence-corrected chi connectivity index (χ1v) is 7.85. The highest BCUT2D eigenvalue weighted by Crippen LogP contribution is 2.35. The van der Waals surface area contributed by atoms with Crippen LogP contribution in [0.5, 0.6) is 11.5 Å². The quantitative estimate of drug-likeness (QED) is 0.772. The molecule has 3 aromatic rings. The minimum Gasteiger partial charge on any atom is -0.485 e. The van der Waals surface area contributed by atoms with Crippen LogP contribution in [0, 0.1) is 0 Å². The highest BCUT2D eigenvalue weighted by Gasteiger charge is 2.27. The first-order valence-electron chi connectivity index (χ1n) is 7.48. The summed E-state index contributed by atoms with van der Waals surface area (Å²) in [6, 6.07) is 13.8. The summed E-state index contributed by atoms with van der Waals surface area (Å²) in [4.78, 5) is 12.2. The van der Waals surface area contributed by atoms with Gasteiger partial charge in [0, 0.05) is 10.6 Å². The van der Waals surface area contributed by atoms with Crippen LogP contribution in [0.3, 0.4) is 0 Å². The van der Waals surface area contributed by atoms with E-state index in [1.165, 1.54) is 0 Å². The summed E-state index contributed by atoms with van der Waals surface area (Å²) < 4.78 is 16.9. The zero-order valence-corrected chi connectivity index (χ0v) is 13.6. The van der Waals surface area contributed by atoms with Crippen LogP contribution in [0.15, 0.2) is 52.9 Å². The van der Waals surface area contributed by atoms with Gasteiger partial charge < -0.3 is 13.9 Å². The molecule has 2 heterocycles. The second-order valence-electron chi connectivity index (χ2n) is 5.27. The van der Waals surface area contributed by atoms with E-state index in [4.69, 9.17) is 25.5 Å². The van der Waals surface area contributed by atoms with E-state index in [1.54, 1.807) is 30.3 Å². The summed E-state index contributed by atoms with van der Waals surface area (Å²) in [7, 11) is 0. The molecule has 8 heteroatoms. The van der Waals surface area contributed by atoms with E-state index in [2.05, 4.69) is 15.5 Å². The average Bonchev–Trinajstić information content (AvgIpc) is 3.10. The molecule has 7 nitrogen and oxygen atoms in total. The molecule has 1 atom stereocenters. The lowest BCUT2D eigenvalue weighted by Crippen LogP contribution is -2.21. The number of aromatic nitrogens is 2. The van der Waals surface area contributed by atoms with Crippen LogP contribution in [0.2, 0.25) is 5.02 Å². The monoisotopic (exact) mass is 357 g/mol. The third kappa shape index (κ3) is 3.27. The predicted molar refractivity (Wildman–Crippen MR) is 89.0 cm³/mol. The Hall–Kier alpha value is -3.06. The minimum absolute atomic E-state index is 0.0255. The molecule has 0 bridgehead atoms. The molecule has 1 aromatic heterocycles. The first-order chi connectivity index (χ1) is 12.2. The lowest BCUT2D eigenvalue weighted by molar-refractivity contribution is 0.0716. The zero-order chi connectivity index (χ0) is 17.2. The van der Waals surface area contributed by atoms with Gasteiger partial charge in [-0.2, -0.15) is 0 Å². The Balaban J connectivity index is 1.47. The van der Waals surface area contributed by atoms with Crippen LogP contribution >= 0.6 is 11.6 Å². The number of nitrogens with zero attached hydrogens (tertiary/aromatic N) is 2. The summed E-state index contributed by atoms with van der Waals surface area (Å²) in [5.41, 5.74) is 0.387. The highest BCUT2D eigenvalue weighted by molar-refractivity contribution is 6.31. The normalized spacial score (nSPS) is 15.6. The maximum atomic E-state index is 12.2. The number of hydrogen-bond acceptors (Lipinski definition) is 6. The van der Waals surface area contributed by atoms with Gasteiger partial charge in [0.05, 0.1) is 0 Å². The van der Waals surface area contributed by atoms with Gasteiger partial charge in [0.15, 0.2) is 11.5 Å². The molecule has 4 rings (SSSR count). The van der Waals surface area contributed by atoms with Crippen molar-refractivity contribution in [2.75, 3.05) is 11.9 Å². The third-order valence-electron chi connectivity index (χ3n) is 3.53. The highest BCUT2D eigenvalue weighted by atomic mass is 35.5. The summed E-state index contributed by atoms with van der Waals surface area (Å²) >= 11 is 5.88. The maximum Gasteiger partial charge on any atom is 0.322 e. The Labute approximate surface area is 147 Å². The van der Waals surface area contributed by atoms with Gasteiger partial charge in [0.25, 0.3) is 11.8 Å². The van der Waals surface area contributed by atoms with Gasteiger partial charge in [0.2, 0.25) is 6.10 Å². The van der Waals surface area contributed by atoms with Crippen molar-refractivity contribution in [2.45, 2.75) is 6.10 Å². The lowest BCUT2D eigenvalue weighted by Gasteiger charge is -2.23. The largest absolute Gasteiger partial charge is 0.485 e. The molecule has 2 aromatic carbocycles. The fourth-order valence-electron chi connectivity index (χ4n) is 2.36. The molecular weight excluding hydrogens is 346 g/mol. The van der Waals surface area contributed by atoms with E-state index >= 15 is 0 Å². The Kier molecular flexibility index (Phi) is 3.99. The van der Waals surface area contributed by atoms with Gasteiger partial charge in [-0.1, -0.05) is 34.9 Å². The van der Waals surface area contributed by atoms with E-state index in [0.717, 1.165) is 0 Å². The molecule has 0 spiro atoms. The van der Waals surface area contributed by atoms with E-state index in [1.807, 2.05) is 18.2 Å². The number of amides is 1. The Morgan fingerprint density at radius 1 is 1.12 bits per heavy atom. The Bertz CT molecular complexity index is 928. The number of carbonyl (C=O) groups is 1. The number of rotatable bonds is 3. The van der Waals surface area contributed by atoms with Crippen molar-refractivity contribution in [3.05, 3.63) is 65.0 Å². The second-order valence-corrected chi connectivity index (χ2v) is 5.71. The van der Waals surface area contributed by atoms with Crippen molar-refractivity contribution in [2.24, 2.45) is 0 Å². The number of hydrogen-bond donors (Lipinski definition) is 1. The van der Waals surface area contributed by atoms with Crippen LogP contribution in [-0.2, 0) is 0 Å². The van der Waals surface area contributed by atoms with Crippen LogP contribution in [0.1, 0.15) is 22.4 Å². The zero-order valence-electron chi connectivity index (χ0n) is 12.8. The minimum atomic E-state index is -0.542. The lowest BCUT2D eigenvalue weighted by atomic mass is 10.2. The smallest absolute Gasteiger partial charge is 0.322 e. The topological polar surface area (TPSA) is 86.5 Å². The molecule has 1 amide bonds. The van der Waals surface area contributed by atoms with Crippen LogP contribution < -0.4 is 14.8 Å². The fourth-order valence-corrected chi connectivity index (χ4v) is 2.55. The van der Waals surface area contributed by atoms with Crippen molar-refractivity contribution in [1.82, 2.24) is 10.2 Å². The summed E-state index contributed by atoms with van der Waals surface area (Å²) in [6.07, 6.45) is -0.542. The number of ether oxygens (including phenoxy) is 2. The fraction of sp³-hybridized carbons (Fsp3) is 0.118. The van der Waals surface area contributed by atoms with Gasteiger partial charge in [-0.05, 0) is 30.3 Å². The van der Waals surface area contributed by atoms with E-state index < -0.39 is 12.0 Å². The van der Waals surface area contributed by atoms with Crippen molar-refractivity contribution in [3.63, 3.8) is 0 Å². The number of para-hydroxylation sites is 2. The predicted octanol–water partition coefficient (Wildman–Crippen LogP) is 3.49. The number of carbonyl (C=O) groups excluding carboxylic acids is 1. The summed E-state index contributed by atoms with van der Waals surface area (Å²) in [5, 5.41) is 10.7. The number of halogens is 1. The molecule has 1 aliphatic heterocycles. The molecule has 0 fully saturated rings. The molecule has 0 aliphatic carbocycles. The van der Waals surface area contributed by atoms with E-state index in [9.17, 15) is 4.79 Å². The third-order valence-corrected chi connectivity index (χ3v) is 3.77. The molecule has 0 saturated carbocycles.